The largest absolute Gasteiger partial charge is 0.467 e. The molecule has 0 unspecified atom stereocenters. The molecule has 7 heteroatoms. The summed E-state index contributed by atoms with van der Waals surface area (Å²) >= 11 is 1.40. The predicted octanol–water partition coefficient (Wildman–Crippen LogP) is 1.21. The average Bonchev–Trinajstić information content (AvgIpc) is 2.97. The number of carbonyl (C=O) groups excluding carboxylic acids is 2. The molecule has 1 aliphatic rings. The number of aromatic nitrogens is 1. The molecule has 0 aliphatic carbocycles. The van der Waals surface area contributed by atoms with Crippen LogP contribution in [-0.4, -0.2) is 60.9 Å². The average molecular weight is 310 g/mol. The van der Waals surface area contributed by atoms with E-state index < -0.39 is 12.0 Å². The smallest absolute Gasteiger partial charge is 0.328 e. The Morgan fingerprint density at radius 3 is 2.81 bits per heavy atom. The van der Waals surface area contributed by atoms with Gasteiger partial charge < -0.3 is 14.4 Å². The Morgan fingerprint density at radius 2 is 2.19 bits per heavy atom. The molecule has 6 nitrogen and oxygen atoms in total. The van der Waals surface area contributed by atoms with Gasteiger partial charge in [0.2, 0.25) is 0 Å². The summed E-state index contributed by atoms with van der Waals surface area (Å²) in [6.07, 6.45) is 3.79. The fourth-order valence-electron chi connectivity index (χ4n) is 2.42. The van der Waals surface area contributed by atoms with Crippen LogP contribution in [0.2, 0.25) is 0 Å². The van der Waals surface area contributed by atoms with Crippen molar-refractivity contribution in [1.82, 2.24) is 9.88 Å². The van der Waals surface area contributed by atoms with Gasteiger partial charge in [-0.15, -0.1) is 11.8 Å². The standard InChI is InChI=1S/C14H18N2O4S/c1-19-9-7-11(14(18)20-2)16(8-9)13(17)10-5-4-6-15-12(10)21-3/h4-6,9,11H,7-8H2,1-3H3/t9-,11-/m1/s1. The van der Waals surface area contributed by atoms with Crippen molar-refractivity contribution in [2.45, 2.75) is 23.6 Å². The molecule has 2 heterocycles. The fraction of sp³-hybridized carbons (Fsp3) is 0.500. The van der Waals surface area contributed by atoms with Crippen molar-refractivity contribution in [2.75, 3.05) is 27.0 Å². The van der Waals surface area contributed by atoms with E-state index in [-0.39, 0.29) is 12.0 Å². The van der Waals surface area contributed by atoms with Crippen LogP contribution in [0.25, 0.3) is 0 Å². The summed E-state index contributed by atoms with van der Waals surface area (Å²) in [5.74, 6) is -0.639. The highest BCUT2D eigenvalue weighted by Crippen LogP contribution is 2.26. The number of methoxy groups -OCH3 is 2. The zero-order chi connectivity index (χ0) is 15.4. The van der Waals surface area contributed by atoms with Gasteiger partial charge in [-0.3, -0.25) is 4.79 Å². The third kappa shape index (κ3) is 3.19. The van der Waals surface area contributed by atoms with E-state index in [2.05, 4.69) is 4.98 Å². The van der Waals surface area contributed by atoms with E-state index >= 15 is 0 Å². The molecule has 1 aliphatic heterocycles. The summed E-state index contributed by atoms with van der Waals surface area (Å²) in [5.41, 5.74) is 0.496. The first kappa shape index (κ1) is 15.8. The molecular weight excluding hydrogens is 292 g/mol. The van der Waals surface area contributed by atoms with Crippen molar-refractivity contribution in [3.8, 4) is 0 Å². The Hall–Kier alpha value is -1.60. The molecule has 114 valence electrons. The van der Waals surface area contributed by atoms with E-state index in [0.29, 0.717) is 23.6 Å². The molecule has 0 radical (unpaired) electrons. The summed E-state index contributed by atoms with van der Waals surface area (Å²) in [6.45, 7) is 0.373. The monoisotopic (exact) mass is 310 g/mol. The number of carbonyl (C=O) groups is 2. The first-order valence-electron chi connectivity index (χ1n) is 6.53. The number of likely N-dealkylation sites (tertiary alicyclic amines) is 1. The number of amides is 1. The minimum Gasteiger partial charge on any atom is -0.467 e. The highest BCUT2D eigenvalue weighted by molar-refractivity contribution is 7.98. The van der Waals surface area contributed by atoms with Crippen LogP contribution in [0.3, 0.4) is 0 Å². The molecule has 0 saturated carbocycles. The van der Waals surface area contributed by atoms with Gasteiger partial charge in [-0.2, -0.15) is 0 Å². The summed E-state index contributed by atoms with van der Waals surface area (Å²) in [4.78, 5) is 30.3. The quantitative estimate of drug-likeness (QED) is 0.615. The third-order valence-electron chi connectivity index (χ3n) is 3.53. The van der Waals surface area contributed by atoms with Gasteiger partial charge in [0.05, 0.1) is 18.8 Å². The van der Waals surface area contributed by atoms with Gasteiger partial charge in [-0.05, 0) is 18.4 Å². The van der Waals surface area contributed by atoms with Crippen molar-refractivity contribution in [3.63, 3.8) is 0 Å². The maximum atomic E-state index is 12.7. The lowest BCUT2D eigenvalue weighted by atomic mass is 10.2. The van der Waals surface area contributed by atoms with Gasteiger partial charge in [0.15, 0.2) is 0 Å². The van der Waals surface area contributed by atoms with Crippen molar-refractivity contribution in [1.29, 1.82) is 0 Å². The molecule has 2 atom stereocenters. The van der Waals surface area contributed by atoms with Crippen LogP contribution in [0.15, 0.2) is 23.4 Å². The van der Waals surface area contributed by atoms with Gasteiger partial charge in [0, 0.05) is 26.3 Å². The van der Waals surface area contributed by atoms with Gasteiger partial charge in [-0.1, -0.05) is 0 Å². The SMILES string of the molecule is COC(=O)[C@H]1C[C@@H](OC)CN1C(=O)c1cccnc1SC. The van der Waals surface area contributed by atoms with E-state index in [1.807, 2.05) is 6.26 Å². The van der Waals surface area contributed by atoms with Crippen molar-refractivity contribution >= 4 is 23.6 Å². The topological polar surface area (TPSA) is 68.7 Å². The zero-order valence-corrected chi connectivity index (χ0v) is 13.1. The van der Waals surface area contributed by atoms with Crippen LogP contribution in [0, 0.1) is 0 Å². The number of hydrogen-bond donors (Lipinski definition) is 0. The van der Waals surface area contributed by atoms with Gasteiger partial charge in [0.25, 0.3) is 5.91 Å². The maximum absolute atomic E-state index is 12.7. The van der Waals surface area contributed by atoms with E-state index in [9.17, 15) is 9.59 Å². The lowest BCUT2D eigenvalue weighted by Crippen LogP contribution is -2.41. The lowest BCUT2D eigenvalue weighted by Gasteiger charge is -2.23. The van der Waals surface area contributed by atoms with Gasteiger partial charge in [-0.25, -0.2) is 9.78 Å². The van der Waals surface area contributed by atoms with Gasteiger partial charge in [0.1, 0.15) is 11.1 Å². The highest BCUT2D eigenvalue weighted by atomic mass is 32.2. The van der Waals surface area contributed by atoms with E-state index in [0.717, 1.165) is 0 Å². The second kappa shape index (κ2) is 6.91. The number of thioether (sulfide) groups is 1. The fourth-order valence-corrected chi connectivity index (χ4v) is 2.96. The van der Waals surface area contributed by atoms with Crippen LogP contribution in [-0.2, 0) is 14.3 Å². The Bertz CT molecular complexity index is 537. The minimum atomic E-state index is -0.609. The molecular formula is C14H18N2O4S. The number of rotatable bonds is 4. The normalized spacial score (nSPS) is 21.4. The number of hydrogen-bond acceptors (Lipinski definition) is 6. The molecule has 0 N–H and O–H groups in total. The lowest BCUT2D eigenvalue weighted by molar-refractivity contribution is -0.145. The van der Waals surface area contributed by atoms with Crippen LogP contribution in [0.4, 0.5) is 0 Å². The van der Waals surface area contributed by atoms with Crippen molar-refractivity contribution in [3.05, 3.63) is 23.9 Å². The van der Waals surface area contributed by atoms with E-state index in [1.165, 1.54) is 23.8 Å². The highest BCUT2D eigenvalue weighted by Gasteiger charge is 2.41. The summed E-state index contributed by atoms with van der Waals surface area (Å²) in [6, 6.07) is 2.82. The molecule has 0 spiro atoms. The van der Waals surface area contributed by atoms with Crippen LogP contribution in [0.5, 0.6) is 0 Å². The molecule has 1 saturated heterocycles. The Morgan fingerprint density at radius 1 is 1.43 bits per heavy atom. The van der Waals surface area contributed by atoms with Crippen LogP contribution < -0.4 is 0 Å². The summed E-state index contributed by atoms with van der Waals surface area (Å²) in [5, 5.41) is 0.645. The molecule has 2 rings (SSSR count). The Labute approximate surface area is 127 Å². The Kier molecular flexibility index (Phi) is 5.19. The third-order valence-corrected chi connectivity index (χ3v) is 4.24. The second-order valence-corrected chi connectivity index (χ2v) is 5.45. The number of nitrogens with zero attached hydrogens (tertiary/aromatic N) is 2. The summed E-state index contributed by atoms with van der Waals surface area (Å²) < 4.78 is 10.1. The number of ether oxygens (including phenoxy) is 2. The second-order valence-electron chi connectivity index (χ2n) is 4.65. The first-order chi connectivity index (χ1) is 10.1. The first-order valence-corrected chi connectivity index (χ1v) is 7.75. The molecule has 0 aromatic carbocycles. The van der Waals surface area contributed by atoms with Crippen LogP contribution in [0.1, 0.15) is 16.8 Å². The minimum absolute atomic E-state index is 0.160. The predicted molar refractivity (Wildman–Crippen MR) is 78.3 cm³/mol. The van der Waals surface area contributed by atoms with E-state index in [1.54, 1.807) is 25.4 Å². The molecule has 1 fully saturated rings. The van der Waals surface area contributed by atoms with Gasteiger partial charge >= 0.3 is 5.97 Å². The number of pyridine rings is 1. The maximum Gasteiger partial charge on any atom is 0.328 e. The number of esters is 1. The molecule has 1 amide bonds. The molecule has 1 aromatic heterocycles. The molecule has 21 heavy (non-hydrogen) atoms. The van der Waals surface area contributed by atoms with Crippen molar-refractivity contribution < 1.29 is 19.1 Å². The van der Waals surface area contributed by atoms with E-state index in [4.69, 9.17) is 9.47 Å². The molecule has 1 aromatic rings. The molecule has 0 bridgehead atoms. The Balaban J connectivity index is 2.29. The summed E-state index contributed by atoms with van der Waals surface area (Å²) in [7, 11) is 2.90. The van der Waals surface area contributed by atoms with Crippen LogP contribution >= 0.6 is 11.8 Å². The zero-order valence-electron chi connectivity index (χ0n) is 12.2. The van der Waals surface area contributed by atoms with Crippen molar-refractivity contribution in [2.24, 2.45) is 0 Å².